The molecule has 1 aromatic carbocycles. The highest BCUT2D eigenvalue weighted by Crippen LogP contribution is 2.30. The number of hydrogen-bond acceptors (Lipinski definition) is 4. The zero-order valence-electron chi connectivity index (χ0n) is 12.4. The van der Waals surface area contributed by atoms with E-state index in [1.807, 2.05) is 0 Å². The van der Waals surface area contributed by atoms with Gasteiger partial charge in [0.05, 0.1) is 17.3 Å². The van der Waals surface area contributed by atoms with Gasteiger partial charge in [-0.3, -0.25) is 0 Å². The molecular formula is C16H21FN2OS. The Bertz CT molecular complexity index is 583. The first-order valence-corrected chi connectivity index (χ1v) is 7.92. The van der Waals surface area contributed by atoms with Crippen molar-refractivity contribution in [3.05, 3.63) is 46.2 Å². The molecule has 0 unspecified atom stereocenters. The lowest BCUT2D eigenvalue weighted by molar-refractivity contribution is 0.271. The second-order valence-electron chi connectivity index (χ2n) is 5.62. The van der Waals surface area contributed by atoms with Gasteiger partial charge in [-0.15, -0.1) is 11.3 Å². The van der Waals surface area contributed by atoms with Gasteiger partial charge in [0.1, 0.15) is 11.6 Å². The van der Waals surface area contributed by atoms with E-state index < -0.39 is 0 Å². The highest BCUT2D eigenvalue weighted by atomic mass is 32.1. The smallest absolute Gasteiger partial charge is 0.126 e. The predicted octanol–water partition coefficient (Wildman–Crippen LogP) is 3.53. The van der Waals surface area contributed by atoms with Crippen LogP contribution in [0, 0.1) is 5.82 Å². The quantitative estimate of drug-likeness (QED) is 0.851. The molecule has 2 rings (SSSR count). The molecule has 0 radical (unpaired) electrons. The van der Waals surface area contributed by atoms with Gasteiger partial charge in [0.25, 0.3) is 0 Å². The Morgan fingerprint density at radius 1 is 1.38 bits per heavy atom. The van der Waals surface area contributed by atoms with Gasteiger partial charge in [-0.25, -0.2) is 9.37 Å². The SMILES string of the molecule is CC(C)(CCOc1cccc(F)c1)c1nc(CCN)cs1. The third kappa shape index (κ3) is 4.51. The van der Waals surface area contributed by atoms with Crippen LogP contribution in [0.1, 0.15) is 31.0 Å². The first-order valence-electron chi connectivity index (χ1n) is 7.04. The Labute approximate surface area is 129 Å². The lowest BCUT2D eigenvalue weighted by Gasteiger charge is -2.22. The van der Waals surface area contributed by atoms with Crippen LogP contribution in [0.5, 0.6) is 5.75 Å². The Balaban J connectivity index is 1.91. The number of hydrogen-bond donors (Lipinski definition) is 1. The topological polar surface area (TPSA) is 48.1 Å². The molecule has 3 nitrogen and oxygen atoms in total. The molecule has 1 heterocycles. The standard InChI is InChI=1S/C16H21FN2OS/c1-16(2,15-19-13(6-8-18)11-21-15)7-9-20-14-5-3-4-12(17)10-14/h3-5,10-11H,6-9,18H2,1-2H3. The van der Waals surface area contributed by atoms with Gasteiger partial charge in [0.15, 0.2) is 0 Å². The Kier molecular flexibility index (Phi) is 5.31. The lowest BCUT2D eigenvalue weighted by Crippen LogP contribution is -2.20. The number of aromatic nitrogens is 1. The summed E-state index contributed by atoms with van der Waals surface area (Å²) in [5.74, 6) is 0.284. The average molecular weight is 308 g/mol. The molecule has 0 amide bonds. The van der Waals surface area contributed by atoms with Crippen LogP contribution in [-0.4, -0.2) is 18.1 Å². The first kappa shape index (κ1) is 15.9. The number of nitrogens with two attached hydrogens (primary N) is 1. The third-order valence-corrected chi connectivity index (χ3v) is 4.58. The van der Waals surface area contributed by atoms with Crippen LogP contribution in [0.4, 0.5) is 4.39 Å². The lowest BCUT2D eigenvalue weighted by atomic mass is 9.90. The van der Waals surface area contributed by atoms with Crippen molar-refractivity contribution in [3.63, 3.8) is 0 Å². The molecule has 0 aliphatic rings. The molecule has 0 saturated heterocycles. The summed E-state index contributed by atoms with van der Waals surface area (Å²) in [5, 5.41) is 3.16. The molecule has 0 saturated carbocycles. The van der Waals surface area contributed by atoms with Crippen LogP contribution < -0.4 is 10.5 Å². The van der Waals surface area contributed by atoms with Gasteiger partial charge in [-0.2, -0.15) is 0 Å². The normalized spacial score (nSPS) is 11.6. The minimum atomic E-state index is -0.280. The number of ether oxygens (including phenoxy) is 1. The molecule has 0 aliphatic carbocycles. The van der Waals surface area contributed by atoms with Crippen molar-refractivity contribution in [2.45, 2.75) is 32.1 Å². The van der Waals surface area contributed by atoms with E-state index in [2.05, 4.69) is 24.2 Å². The molecule has 21 heavy (non-hydrogen) atoms. The first-order chi connectivity index (χ1) is 10.0. The fraction of sp³-hybridized carbons (Fsp3) is 0.438. The fourth-order valence-electron chi connectivity index (χ4n) is 1.97. The van der Waals surface area contributed by atoms with Gasteiger partial charge in [-0.1, -0.05) is 19.9 Å². The summed E-state index contributed by atoms with van der Waals surface area (Å²) < 4.78 is 18.7. The van der Waals surface area contributed by atoms with Crippen LogP contribution in [0.25, 0.3) is 0 Å². The summed E-state index contributed by atoms with van der Waals surface area (Å²) in [4.78, 5) is 4.63. The second kappa shape index (κ2) is 7.00. The van der Waals surface area contributed by atoms with Gasteiger partial charge in [0, 0.05) is 23.3 Å². The van der Waals surface area contributed by atoms with Crippen molar-refractivity contribution >= 4 is 11.3 Å². The van der Waals surface area contributed by atoms with Crippen molar-refractivity contribution in [1.29, 1.82) is 0 Å². The molecule has 0 bridgehead atoms. The fourth-order valence-corrected chi connectivity index (χ4v) is 2.98. The van der Waals surface area contributed by atoms with Crippen molar-refractivity contribution in [2.75, 3.05) is 13.2 Å². The molecule has 1 aromatic heterocycles. The van der Waals surface area contributed by atoms with Crippen LogP contribution in [0.3, 0.4) is 0 Å². The van der Waals surface area contributed by atoms with E-state index in [4.69, 9.17) is 10.5 Å². The largest absolute Gasteiger partial charge is 0.493 e. The van der Waals surface area contributed by atoms with Crippen molar-refractivity contribution in [1.82, 2.24) is 4.98 Å². The van der Waals surface area contributed by atoms with E-state index in [9.17, 15) is 4.39 Å². The molecule has 0 fully saturated rings. The van der Waals surface area contributed by atoms with Gasteiger partial charge >= 0.3 is 0 Å². The zero-order valence-corrected chi connectivity index (χ0v) is 13.3. The number of halogens is 1. The van der Waals surface area contributed by atoms with E-state index >= 15 is 0 Å². The maximum atomic E-state index is 13.1. The zero-order chi connectivity index (χ0) is 15.3. The Morgan fingerprint density at radius 3 is 2.90 bits per heavy atom. The average Bonchev–Trinajstić information content (AvgIpc) is 2.88. The monoisotopic (exact) mass is 308 g/mol. The van der Waals surface area contributed by atoms with Gasteiger partial charge < -0.3 is 10.5 Å². The summed E-state index contributed by atoms with van der Waals surface area (Å²) in [6, 6.07) is 6.22. The molecule has 0 aliphatic heterocycles. The van der Waals surface area contributed by atoms with Crippen molar-refractivity contribution < 1.29 is 9.13 Å². The van der Waals surface area contributed by atoms with Crippen LogP contribution in [-0.2, 0) is 11.8 Å². The molecule has 5 heteroatoms. The second-order valence-corrected chi connectivity index (χ2v) is 6.48. The molecule has 114 valence electrons. The maximum absolute atomic E-state index is 13.1. The summed E-state index contributed by atoms with van der Waals surface area (Å²) >= 11 is 1.66. The highest BCUT2D eigenvalue weighted by molar-refractivity contribution is 7.09. The minimum absolute atomic E-state index is 0.0646. The number of rotatable bonds is 7. The van der Waals surface area contributed by atoms with Crippen molar-refractivity contribution in [2.24, 2.45) is 5.73 Å². The van der Waals surface area contributed by atoms with E-state index in [0.717, 1.165) is 23.5 Å². The Morgan fingerprint density at radius 2 is 2.19 bits per heavy atom. The number of thiazole rings is 1. The van der Waals surface area contributed by atoms with Gasteiger partial charge in [-0.05, 0) is 25.1 Å². The summed E-state index contributed by atoms with van der Waals surface area (Å²) in [6.07, 6.45) is 1.63. The number of benzene rings is 1. The minimum Gasteiger partial charge on any atom is -0.493 e. The highest BCUT2D eigenvalue weighted by Gasteiger charge is 2.24. The predicted molar refractivity (Wildman–Crippen MR) is 84.4 cm³/mol. The van der Waals surface area contributed by atoms with E-state index in [1.165, 1.54) is 12.1 Å². The molecule has 0 spiro atoms. The summed E-state index contributed by atoms with van der Waals surface area (Å²) in [7, 11) is 0. The van der Waals surface area contributed by atoms with E-state index in [1.54, 1.807) is 23.5 Å². The molecular weight excluding hydrogens is 287 g/mol. The van der Waals surface area contributed by atoms with E-state index in [0.29, 0.717) is 18.9 Å². The van der Waals surface area contributed by atoms with Gasteiger partial charge in [0.2, 0.25) is 0 Å². The van der Waals surface area contributed by atoms with Crippen LogP contribution in [0.15, 0.2) is 29.6 Å². The summed E-state index contributed by atoms with van der Waals surface area (Å²) in [6.45, 7) is 5.44. The molecule has 0 atom stereocenters. The number of nitrogens with zero attached hydrogens (tertiary/aromatic N) is 1. The third-order valence-electron chi connectivity index (χ3n) is 3.32. The summed E-state index contributed by atoms with van der Waals surface area (Å²) in [5.41, 5.74) is 6.54. The molecule has 2 aromatic rings. The van der Waals surface area contributed by atoms with Crippen LogP contribution >= 0.6 is 11.3 Å². The van der Waals surface area contributed by atoms with Crippen molar-refractivity contribution in [3.8, 4) is 5.75 Å². The molecule has 2 N–H and O–H groups in total. The Hall–Kier alpha value is -1.46. The van der Waals surface area contributed by atoms with E-state index in [-0.39, 0.29) is 11.2 Å². The maximum Gasteiger partial charge on any atom is 0.126 e. The van der Waals surface area contributed by atoms with Crippen LogP contribution in [0.2, 0.25) is 0 Å².